The summed E-state index contributed by atoms with van der Waals surface area (Å²) in [6.45, 7) is 6.94. The van der Waals surface area contributed by atoms with Gasteiger partial charge in [-0.1, -0.05) is 25.1 Å². The molecule has 180 valence electrons. The van der Waals surface area contributed by atoms with Crippen LogP contribution in [0.15, 0.2) is 48.7 Å². The molecule has 2 aromatic heterocycles. The summed E-state index contributed by atoms with van der Waals surface area (Å²) in [5.74, 6) is 1.04. The fourth-order valence-corrected chi connectivity index (χ4v) is 4.67. The number of aryl methyl sites for hydroxylation is 1. The molecule has 0 saturated carbocycles. The van der Waals surface area contributed by atoms with Crippen molar-refractivity contribution in [3.63, 3.8) is 0 Å². The van der Waals surface area contributed by atoms with Gasteiger partial charge in [-0.2, -0.15) is 5.10 Å². The number of nitrogens with one attached hydrogen (secondary N) is 3. The molecule has 8 heteroatoms. The molecular weight excluding hydrogens is 440 g/mol. The van der Waals surface area contributed by atoms with E-state index in [9.17, 15) is 9.90 Å². The lowest BCUT2D eigenvalue weighted by Crippen LogP contribution is -2.36. The van der Waals surface area contributed by atoms with Gasteiger partial charge in [-0.15, -0.1) is 0 Å². The maximum absolute atomic E-state index is 11.1. The summed E-state index contributed by atoms with van der Waals surface area (Å²) in [4.78, 5) is 21.5. The molecule has 4 aromatic rings. The molecule has 1 aliphatic rings. The van der Waals surface area contributed by atoms with Gasteiger partial charge in [0.2, 0.25) is 5.91 Å². The van der Waals surface area contributed by atoms with E-state index in [1.54, 1.807) is 13.0 Å². The molecule has 1 amide bonds. The van der Waals surface area contributed by atoms with Crippen molar-refractivity contribution < 1.29 is 9.90 Å². The molecule has 0 atom stereocenters. The number of hydrogen-bond acceptors (Lipinski definition) is 5. The zero-order valence-electron chi connectivity index (χ0n) is 20.1. The monoisotopic (exact) mass is 470 g/mol. The molecule has 2 aromatic carbocycles. The van der Waals surface area contributed by atoms with E-state index < -0.39 is 0 Å². The van der Waals surface area contributed by atoms with E-state index in [2.05, 4.69) is 56.6 Å². The highest BCUT2D eigenvalue weighted by Gasteiger charge is 2.18. The Kier molecular flexibility index (Phi) is 6.37. The maximum Gasteiger partial charge on any atom is 0.216 e. The molecule has 0 unspecified atom stereocenters. The first-order chi connectivity index (χ1) is 17.0. The second-order valence-electron chi connectivity index (χ2n) is 8.92. The Labute approximate surface area is 204 Å². The van der Waals surface area contributed by atoms with Crippen molar-refractivity contribution in [3.8, 4) is 28.4 Å². The highest BCUT2D eigenvalue weighted by atomic mass is 16.3. The molecule has 8 nitrogen and oxygen atoms in total. The molecule has 0 fully saturated rings. The van der Waals surface area contributed by atoms with Crippen LogP contribution in [0, 0.1) is 0 Å². The molecule has 3 heterocycles. The van der Waals surface area contributed by atoms with Gasteiger partial charge < -0.3 is 15.4 Å². The van der Waals surface area contributed by atoms with Crippen LogP contribution in [-0.2, 0) is 11.2 Å². The van der Waals surface area contributed by atoms with Crippen molar-refractivity contribution in [2.24, 2.45) is 0 Å². The number of benzene rings is 2. The highest BCUT2D eigenvalue weighted by Crippen LogP contribution is 2.32. The van der Waals surface area contributed by atoms with E-state index in [0.29, 0.717) is 6.54 Å². The van der Waals surface area contributed by atoms with Gasteiger partial charge in [-0.25, -0.2) is 4.98 Å². The average Bonchev–Trinajstić information content (AvgIpc) is 3.51. The number of nitrogens with zero attached hydrogens (tertiary/aromatic N) is 3. The van der Waals surface area contributed by atoms with Gasteiger partial charge in [-0.3, -0.25) is 14.8 Å². The highest BCUT2D eigenvalue weighted by molar-refractivity contribution is 5.94. The average molecular weight is 471 g/mol. The van der Waals surface area contributed by atoms with Gasteiger partial charge in [-0.05, 0) is 59.4 Å². The summed E-state index contributed by atoms with van der Waals surface area (Å²) in [6, 6.07) is 11.8. The Bertz CT molecular complexity index is 1400. The Balaban J connectivity index is 1.34. The zero-order chi connectivity index (χ0) is 24.4. The van der Waals surface area contributed by atoms with Crippen molar-refractivity contribution in [1.29, 1.82) is 0 Å². The topological polar surface area (TPSA) is 110 Å². The summed E-state index contributed by atoms with van der Waals surface area (Å²) < 4.78 is 0. The zero-order valence-corrected chi connectivity index (χ0v) is 20.1. The lowest BCUT2D eigenvalue weighted by Gasteiger charge is -2.25. The van der Waals surface area contributed by atoms with Gasteiger partial charge in [0.25, 0.3) is 0 Å². The van der Waals surface area contributed by atoms with Crippen LogP contribution in [-0.4, -0.2) is 62.3 Å². The molecule has 0 radical (unpaired) electrons. The van der Waals surface area contributed by atoms with E-state index in [0.717, 1.165) is 77.3 Å². The Morgan fingerprint density at radius 2 is 2.11 bits per heavy atom. The molecule has 0 saturated heterocycles. The number of carbonyl (C=O) groups excluding carboxylic acids is 1. The molecule has 0 aliphatic carbocycles. The standard InChI is InChI=1S/C27H30N6O2/c1-3-18-14-21(35)5-7-22(18)20-4-6-23-24(15-20)31-32-26(23)27-29-16-25(30-27)19-8-11-33(12-9-19)13-10-28-17(2)34/h4-8,14-16,35H,3,9-13H2,1-2H3,(H,28,34)(H,29,30)(H,31,32). The largest absolute Gasteiger partial charge is 0.508 e. The van der Waals surface area contributed by atoms with Crippen molar-refractivity contribution in [2.75, 3.05) is 26.2 Å². The third-order valence-electron chi connectivity index (χ3n) is 6.57. The van der Waals surface area contributed by atoms with E-state index in [1.165, 1.54) is 5.57 Å². The first-order valence-electron chi connectivity index (χ1n) is 12.0. The van der Waals surface area contributed by atoms with E-state index in [-0.39, 0.29) is 11.7 Å². The number of H-pyrrole nitrogens is 2. The van der Waals surface area contributed by atoms with Crippen molar-refractivity contribution in [2.45, 2.75) is 26.7 Å². The Morgan fingerprint density at radius 1 is 1.23 bits per heavy atom. The number of aromatic hydroxyl groups is 1. The normalized spacial score (nSPS) is 14.3. The van der Waals surface area contributed by atoms with Gasteiger partial charge in [0.15, 0.2) is 5.82 Å². The van der Waals surface area contributed by atoms with Gasteiger partial charge >= 0.3 is 0 Å². The van der Waals surface area contributed by atoms with Gasteiger partial charge in [0.05, 0.1) is 11.2 Å². The number of imidazole rings is 1. The molecule has 5 rings (SSSR count). The van der Waals surface area contributed by atoms with Crippen molar-refractivity contribution in [1.82, 2.24) is 30.4 Å². The first kappa shape index (κ1) is 22.9. The van der Waals surface area contributed by atoms with Crippen molar-refractivity contribution >= 4 is 22.4 Å². The molecule has 0 bridgehead atoms. The summed E-state index contributed by atoms with van der Waals surface area (Å²) >= 11 is 0. The minimum absolute atomic E-state index is 0.00969. The summed E-state index contributed by atoms with van der Waals surface area (Å²) in [6.07, 6.45) is 5.93. The minimum atomic E-state index is 0.00969. The maximum atomic E-state index is 11.1. The van der Waals surface area contributed by atoms with Gasteiger partial charge in [0.1, 0.15) is 11.4 Å². The minimum Gasteiger partial charge on any atom is -0.508 e. The predicted octanol–water partition coefficient (Wildman–Crippen LogP) is 4.11. The Morgan fingerprint density at radius 3 is 2.89 bits per heavy atom. The summed E-state index contributed by atoms with van der Waals surface area (Å²) in [5, 5.41) is 21.4. The van der Waals surface area contributed by atoms with Crippen LogP contribution in [0.2, 0.25) is 0 Å². The molecule has 35 heavy (non-hydrogen) atoms. The van der Waals surface area contributed by atoms with E-state index >= 15 is 0 Å². The number of carbonyl (C=O) groups is 1. The Hall–Kier alpha value is -3.91. The van der Waals surface area contributed by atoms with Crippen LogP contribution < -0.4 is 5.32 Å². The number of aromatic nitrogens is 4. The summed E-state index contributed by atoms with van der Waals surface area (Å²) in [5.41, 5.74) is 7.22. The van der Waals surface area contributed by atoms with Crippen LogP contribution in [0.4, 0.5) is 0 Å². The van der Waals surface area contributed by atoms with Crippen LogP contribution in [0.3, 0.4) is 0 Å². The number of phenolic OH excluding ortho intramolecular Hbond substituents is 1. The lowest BCUT2D eigenvalue weighted by molar-refractivity contribution is -0.119. The molecule has 1 aliphatic heterocycles. The number of amides is 1. The van der Waals surface area contributed by atoms with E-state index in [1.807, 2.05) is 18.3 Å². The van der Waals surface area contributed by atoms with Crippen LogP contribution in [0.5, 0.6) is 5.75 Å². The van der Waals surface area contributed by atoms with Crippen LogP contribution in [0.1, 0.15) is 31.5 Å². The quantitative estimate of drug-likeness (QED) is 0.325. The number of fused-ring (bicyclic) bond motifs is 1. The SMILES string of the molecule is CCc1cc(O)ccc1-c1ccc2c(-c3nc(C4=CCN(CCNC(C)=O)CC4)c[nH]3)n[nH]c2c1. The number of hydrogen-bond donors (Lipinski definition) is 4. The number of rotatable bonds is 7. The number of aromatic amines is 2. The smallest absolute Gasteiger partial charge is 0.216 e. The second kappa shape index (κ2) is 9.76. The summed E-state index contributed by atoms with van der Waals surface area (Å²) in [7, 11) is 0. The fourth-order valence-electron chi connectivity index (χ4n) is 4.67. The molecule has 4 N–H and O–H groups in total. The van der Waals surface area contributed by atoms with Gasteiger partial charge in [0, 0.05) is 44.7 Å². The van der Waals surface area contributed by atoms with Crippen molar-refractivity contribution in [3.05, 3.63) is 59.9 Å². The first-order valence-corrected chi connectivity index (χ1v) is 12.0. The number of phenols is 1. The second-order valence-corrected chi connectivity index (χ2v) is 8.92. The van der Waals surface area contributed by atoms with Crippen LogP contribution >= 0.6 is 0 Å². The lowest BCUT2D eigenvalue weighted by atomic mass is 9.97. The fraction of sp³-hybridized carbons (Fsp3) is 0.296. The molecular formula is C27H30N6O2. The predicted molar refractivity (Wildman–Crippen MR) is 138 cm³/mol. The third kappa shape index (κ3) is 4.83. The van der Waals surface area contributed by atoms with E-state index in [4.69, 9.17) is 4.98 Å². The third-order valence-corrected chi connectivity index (χ3v) is 6.57. The molecule has 0 spiro atoms. The van der Waals surface area contributed by atoms with Crippen LogP contribution in [0.25, 0.3) is 39.1 Å².